The molecule has 1 unspecified atom stereocenters. The van der Waals surface area contributed by atoms with E-state index < -0.39 is 0 Å². The number of pyridine rings is 1. The van der Waals surface area contributed by atoms with Crippen molar-refractivity contribution < 1.29 is 4.74 Å². The van der Waals surface area contributed by atoms with Gasteiger partial charge >= 0.3 is 0 Å². The van der Waals surface area contributed by atoms with Crippen LogP contribution in [-0.2, 0) is 0 Å². The molecule has 1 atom stereocenters. The Kier molecular flexibility index (Phi) is 3.59. The standard InChI is InChI=1S/C19H22N2O/c1-14-3-2-4-16(11-14)18-6-5-17(12-20-18)22-19-13-21-9-7-15(19)8-10-21/h2-6,11-12,15,19H,7-10,13H2,1H3. The van der Waals surface area contributed by atoms with Crippen LogP contribution in [0.15, 0.2) is 42.6 Å². The minimum atomic E-state index is 0.342. The Morgan fingerprint density at radius 3 is 2.64 bits per heavy atom. The van der Waals surface area contributed by atoms with Gasteiger partial charge in [0.25, 0.3) is 0 Å². The van der Waals surface area contributed by atoms with Crippen LogP contribution in [0.25, 0.3) is 11.3 Å². The molecule has 3 fully saturated rings. The van der Waals surface area contributed by atoms with E-state index in [0.29, 0.717) is 6.10 Å². The third-order valence-corrected chi connectivity index (χ3v) is 4.93. The van der Waals surface area contributed by atoms with E-state index in [0.717, 1.165) is 29.5 Å². The van der Waals surface area contributed by atoms with Gasteiger partial charge in [0.2, 0.25) is 0 Å². The van der Waals surface area contributed by atoms with Crippen molar-refractivity contribution in [2.45, 2.75) is 25.9 Å². The van der Waals surface area contributed by atoms with Crippen molar-refractivity contribution in [2.75, 3.05) is 19.6 Å². The fourth-order valence-electron chi connectivity index (χ4n) is 3.64. The molecule has 2 aromatic rings. The minimum absolute atomic E-state index is 0.342. The molecule has 3 heteroatoms. The first-order valence-corrected chi connectivity index (χ1v) is 8.20. The van der Waals surface area contributed by atoms with E-state index in [1.54, 1.807) is 0 Å². The third-order valence-electron chi connectivity index (χ3n) is 4.93. The molecule has 2 bridgehead atoms. The first-order valence-electron chi connectivity index (χ1n) is 8.20. The number of nitrogens with zero attached hydrogens (tertiary/aromatic N) is 2. The Labute approximate surface area is 131 Å². The smallest absolute Gasteiger partial charge is 0.138 e. The molecule has 5 rings (SSSR count). The number of benzene rings is 1. The van der Waals surface area contributed by atoms with Crippen LogP contribution in [0, 0.1) is 12.8 Å². The molecule has 3 saturated heterocycles. The van der Waals surface area contributed by atoms with Gasteiger partial charge in [0.05, 0.1) is 11.9 Å². The van der Waals surface area contributed by atoms with Crippen molar-refractivity contribution in [3.05, 3.63) is 48.2 Å². The molecule has 3 aliphatic rings. The van der Waals surface area contributed by atoms with Crippen LogP contribution in [0.2, 0.25) is 0 Å². The molecule has 1 aromatic carbocycles. The molecule has 4 heterocycles. The van der Waals surface area contributed by atoms with Crippen molar-refractivity contribution >= 4 is 0 Å². The lowest BCUT2D eigenvalue weighted by atomic mass is 9.86. The van der Waals surface area contributed by atoms with E-state index in [1.807, 2.05) is 6.20 Å². The van der Waals surface area contributed by atoms with Gasteiger partial charge in [-0.2, -0.15) is 0 Å². The zero-order valence-electron chi connectivity index (χ0n) is 13.0. The summed E-state index contributed by atoms with van der Waals surface area (Å²) in [6, 6.07) is 12.6. The molecule has 114 valence electrons. The number of hydrogen-bond donors (Lipinski definition) is 0. The van der Waals surface area contributed by atoms with Crippen LogP contribution in [0.5, 0.6) is 5.75 Å². The number of piperidine rings is 3. The van der Waals surface area contributed by atoms with Gasteiger partial charge in [0.15, 0.2) is 0 Å². The summed E-state index contributed by atoms with van der Waals surface area (Å²) in [5.41, 5.74) is 3.42. The second-order valence-electron chi connectivity index (χ2n) is 6.54. The molecule has 0 aliphatic carbocycles. The topological polar surface area (TPSA) is 25.4 Å². The average Bonchev–Trinajstić information content (AvgIpc) is 2.57. The molecular weight excluding hydrogens is 272 g/mol. The number of aryl methyl sites for hydroxylation is 1. The first-order chi connectivity index (χ1) is 10.8. The number of ether oxygens (including phenoxy) is 1. The van der Waals surface area contributed by atoms with E-state index in [-0.39, 0.29) is 0 Å². The highest BCUT2D eigenvalue weighted by Gasteiger charge is 2.35. The van der Waals surface area contributed by atoms with Gasteiger partial charge in [0.1, 0.15) is 11.9 Å². The summed E-state index contributed by atoms with van der Waals surface area (Å²) in [5, 5.41) is 0. The summed E-state index contributed by atoms with van der Waals surface area (Å²) in [7, 11) is 0. The van der Waals surface area contributed by atoms with Crippen molar-refractivity contribution in [3.8, 4) is 17.0 Å². The van der Waals surface area contributed by atoms with Crippen LogP contribution in [0.4, 0.5) is 0 Å². The maximum Gasteiger partial charge on any atom is 0.138 e. The second-order valence-corrected chi connectivity index (χ2v) is 6.54. The van der Waals surface area contributed by atoms with Crippen molar-refractivity contribution in [2.24, 2.45) is 5.92 Å². The summed E-state index contributed by atoms with van der Waals surface area (Å²) < 4.78 is 6.20. The molecule has 0 radical (unpaired) electrons. The number of hydrogen-bond acceptors (Lipinski definition) is 3. The molecule has 0 spiro atoms. The van der Waals surface area contributed by atoms with E-state index >= 15 is 0 Å². The molecule has 0 N–H and O–H groups in total. The fraction of sp³-hybridized carbons (Fsp3) is 0.421. The van der Waals surface area contributed by atoms with Gasteiger partial charge in [-0.1, -0.05) is 23.8 Å². The van der Waals surface area contributed by atoms with E-state index in [4.69, 9.17) is 4.74 Å². The molecule has 3 aliphatic heterocycles. The zero-order valence-corrected chi connectivity index (χ0v) is 13.0. The Bertz CT molecular complexity index is 645. The molecule has 1 aromatic heterocycles. The van der Waals surface area contributed by atoms with Crippen LogP contribution < -0.4 is 4.74 Å². The lowest BCUT2D eigenvalue weighted by molar-refractivity contribution is -0.00791. The minimum Gasteiger partial charge on any atom is -0.487 e. The Morgan fingerprint density at radius 1 is 1.14 bits per heavy atom. The van der Waals surface area contributed by atoms with Crippen molar-refractivity contribution in [1.29, 1.82) is 0 Å². The van der Waals surface area contributed by atoms with E-state index in [9.17, 15) is 0 Å². The maximum atomic E-state index is 6.20. The average molecular weight is 294 g/mol. The normalized spacial score (nSPS) is 26.9. The predicted octanol–water partition coefficient (Wildman–Crippen LogP) is 3.53. The van der Waals surface area contributed by atoms with Crippen LogP contribution in [-0.4, -0.2) is 35.6 Å². The zero-order chi connectivity index (χ0) is 14.9. The summed E-state index contributed by atoms with van der Waals surface area (Å²) in [6.07, 6.45) is 4.77. The lowest BCUT2D eigenvalue weighted by Crippen LogP contribution is -2.52. The predicted molar refractivity (Wildman–Crippen MR) is 88.0 cm³/mol. The highest BCUT2D eigenvalue weighted by atomic mass is 16.5. The number of aromatic nitrogens is 1. The van der Waals surface area contributed by atoms with Crippen molar-refractivity contribution in [3.63, 3.8) is 0 Å². The van der Waals surface area contributed by atoms with Crippen LogP contribution in [0.3, 0.4) is 0 Å². The van der Waals surface area contributed by atoms with Gasteiger partial charge in [-0.25, -0.2) is 0 Å². The SMILES string of the molecule is Cc1cccc(-c2ccc(OC3CN4CCC3CC4)cn2)c1. The summed E-state index contributed by atoms with van der Waals surface area (Å²) >= 11 is 0. The number of rotatable bonds is 3. The Balaban J connectivity index is 1.48. The van der Waals surface area contributed by atoms with Crippen LogP contribution in [0.1, 0.15) is 18.4 Å². The monoisotopic (exact) mass is 294 g/mol. The first kappa shape index (κ1) is 13.8. The van der Waals surface area contributed by atoms with Gasteiger partial charge in [-0.3, -0.25) is 9.88 Å². The highest BCUT2D eigenvalue weighted by molar-refractivity contribution is 5.60. The largest absolute Gasteiger partial charge is 0.487 e. The fourth-order valence-corrected chi connectivity index (χ4v) is 3.64. The maximum absolute atomic E-state index is 6.20. The lowest BCUT2D eigenvalue weighted by Gasteiger charge is -2.44. The van der Waals surface area contributed by atoms with E-state index in [2.05, 4.69) is 53.2 Å². The molecule has 0 saturated carbocycles. The van der Waals surface area contributed by atoms with Crippen LogP contribution >= 0.6 is 0 Å². The molecule has 22 heavy (non-hydrogen) atoms. The second kappa shape index (κ2) is 5.73. The van der Waals surface area contributed by atoms with E-state index in [1.165, 1.54) is 31.5 Å². The molecule has 3 nitrogen and oxygen atoms in total. The van der Waals surface area contributed by atoms with Gasteiger partial charge in [-0.15, -0.1) is 0 Å². The van der Waals surface area contributed by atoms with Crippen molar-refractivity contribution in [1.82, 2.24) is 9.88 Å². The Morgan fingerprint density at radius 2 is 2.00 bits per heavy atom. The van der Waals surface area contributed by atoms with Gasteiger partial charge < -0.3 is 4.74 Å². The summed E-state index contributed by atoms with van der Waals surface area (Å²) in [4.78, 5) is 7.09. The summed E-state index contributed by atoms with van der Waals surface area (Å²) in [6.45, 7) is 5.67. The molecular formula is C19H22N2O. The third kappa shape index (κ3) is 2.73. The number of fused-ring (bicyclic) bond motifs is 3. The van der Waals surface area contributed by atoms with Gasteiger partial charge in [0, 0.05) is 12.1 Å². The highest BCUT2D eigenvalue weighted by Crippen LogP contribution is 2.31. The quantitative estimate of drug-likeness (QED) is 0.866. The molecule has 0 amide bonds. The summed E-state index contributed by atoms with van der Waals surface area (Å²) in [5.74, 6) is 1.62. The van der Waals surface area contributed by atoms with Gasteiger partial charge in [-0.05, 0) is 57.0 Å². The Hall–Kier alpha value is -1.87.